The van der Waals surface area contributed by atoms with E-state index in [0.717, 1.165) is 10.5 Å². The molecule has 0 saturated heterocycles. The largest absolute Gasteiger partial charge is 0.495 e. The first kappa shape index (κ1) is 26.2. The van der Waals surface area contributed by atoms with Gasteiger partial charge in [0.15, 0.2) is 0 Å². The summed E-state index contributed by atoms with van der Waals surface area (Å²) in [5, 5.41) is 0.0201. The van der Waals surface area contributed by atoms with Gasteiger partial charge in [0.05, 0.1) is 39.5 Å². The molecule has 184 valence electrons. The first-order chi connectivity index (χ1) is 16.4. The van der Waals surface area contributed by atoms with Crippen LogP contribution in [0, 0.1) is 0 Å². The van der Waals surface area contributed by atoms with Crippen molar-refractivity contribution in [2.75, 3.05) is 11.8 Å². The predicted octanol–water partition coefficient (Wildman–Crippen LogP) is 5.65. The number of imide groups is 1. The lowest BCUT2D eigenvalue weighted by molar-refractivity contribution is 0.0702. The molecular weight excluding hydrogens is 488 g/mol. The van der Waals surface area contributed by atoms with Gasteiger partial charge in [0.1, 0.15) is 5.76 Å². The van der Waals surface area contributed by atoms with Gasteiger partial charge in [-0.3, -0.25) is 14.3 Å². The summed E-state index contributed by atoms with van der Waals surface area (Å²) in [6.45, 7) is 11.5. The average Bonchev–Trinajstić information content (AvgIpc) is 3.06. The Morgan fingerprint density at radius 1 is 1.06 bits per heavy atom. The van der Waals surface area contributed by atoms with Crippen molar-refractivity contribution in [2.45, 2.75) is 38.0 Å². The van der Waals surface area contributed by atoms with Crippen molar-refractivity contribution in [3.05, 3.63) is 94.4 Å². The molecule has 0 bridgehead atoms. The molecule has 0 saturated carbocycles. The van der Waals surface area contributed by atoms with Crippen LogP contribution in [0.25, 0.3) is 0 Å². The number of methoxy groups -OCH3 is 1. The molecule has 0 spiro atoms. The van der Waals surface area contributed by atoms with Crippen LogP contribution in [0.5, 0.6) is 0 Å². The van der Waals surface area contributed by atoms with Crippen molar-refractivity contribution in [3.8, 4) is 0 Å². The number of benzene rings is 2. The number of hydrogen-bond donors (Lipinski definition) is 1. The minimum Gasteiger partial charge on any atom is -0.495 e. The van der Waals surface area contributed by atoms with E-state index in [-0.39, 0.29) is 43.6 Å². The first-order valence-electron chi connectivity index (χ1n) is 10.8. The third-order valence-electron chi connectivity index (χ3n) is 5.49. The molecular formula is C26H27ClN2O5S. The van der Waals surface area contributed by atoms with E-state index in [1.165, 1.54) is 37.5 Å². The number of anilines is 1. The molecule has 1 aliphatic rings. The van der Waals surface area contributed by atoms with Crippen LogP contribution in [-0.2, 0) is 20.2 Å². The van der Waals surface area contributed by atoms with Crippen molar-refractivity contribution in [2.24, 2.45) is 0 Å². The summed E-state index contributed by atoms with van der Waals surface area (Å²) in [4.78, 5) is 27.6. The van der Waals surface area contributed by atoms with Gasteiger partial charge in [0, 0.05) is 0 Å². The van der Waals surface area contributed by atoms with E-state index in [0.29, 0.717) is 0 Å². The topological polar surface area (TPSA) is 92.8 Å². The molecule has 1 heterocycles. The number of halogens is 1. The number of ether oxygens (including phenoxy) is 1. The Bertz CT molecular complexity index is 1370. The zero-order valence-electron chi connectivity index (χ0n) is 20.2. The maximum Gasteiger partial charge on any atom is 0.268 e. The highest BCUT2D eigenvalue weighted by molar-refractivity contribution is 7.92. The van der Waals surface area contributed by atoms with Gasteiger partial charge >= 0.3 is 0 Å². The molecule has 1 aliphatic heterocycles. The van der Waals surface area contributed by atoms with Gasteiger partial charge in [-0.15, -0.1) is 0 Å². The highest BCUT2D eigenvalue weighted by atomic mass is 35.5. The maximum absolute atomic E-state index is 13.4. The van der Waals surface area contributed by atoms with Gasteiger partial charge in [-0.2, -0.15) is 0 Å². The molecule has 0 radical (unpaired) electrons. The van der Waals surface area contributed by atoms with Crippen molar-refractivity contribution >= 4 is 39.1 Å². The fourth-order valence-corrected chi connectivity index (χ4v) is 4.99. The second kappa shape index (κ2) is 9.71. The number of amides is 2. The number of hydrogen-bond acceptors (Lipinski definition) is 5. The Morgan fingerprint density at radius 2 is 1.66 bits per heavy atom. The number of carbonyl (C=O) groups is 2. The van der Waals surface area contributed by atoms with E-state index in [9.17, 15) is 18.0 Å². The van der Waals surface area contributed by atoms with Gasteiger partial charge in [0.2, 0.25) is 0 Å². The quantitative estimate of drug-likeness (QED) is 0.292. The van der Waals surface area contributed by atoms with Crippen LogP contribution in [0.2, 0.25) is 5.02 Å². The van der Waals surface area contributed by atoms with Gasteiger partial charge < -0.3 is 4.74 Å². The molecule has 0 unspecified atom stereocenters. The number of nitrogens with one attached hydrogen (secondary N) is 1. The van der Waals surface area contributed by atoms with Crippen LogP contribution in [0.3, 0.4) is 0 Å². The number of carbonyl (C=O) groups excluding carboxylic acids is 2. The van der Waals surface area contributed by atoms with E-state index in [1.807, 2.05) is 20.8 Å². The lowest BCUT2D eigenvalue weighted by Crippen LogP contribution is -2.29. The van der Waals surface area contributed by atoms with E-state index in [2.05, 4.69) is 11.3 Å². The maximum atomic E-state index is 13.4. The SMILES string of the molecule is C=C/C(=C(\C=C/C)OC)N1C(=O)c2c(Cl)ccc(NS(=O)(=O)c3ccc(C(C)(C)C)cc3)c2C1=O. The highest BCUT2D eigenvalue weighted by Gasteiger charge is 2.42. The molecule has 0 atom stereocenters. The smallest absolute Gasteiger partial charge is 0.268 e. The Labute approximate surface area is 210 Å². The minimum atomic E-state index is -4.07. The van der Waals surface area contributed by atoms with E-state index in [1.54, 1.807) is 31.2 Å². The van der Waals surface area contributed by atoms with Crippen LogP contribution < -0.4 is 4.72 Å². The monoisotopic (exact) mass is 514 g/mol. The normalized spacial score (nSPS) is 14.7. The molecule has 0 aliphatic carbocycles. The molecule has 2 aromatic carbocycles. The summed E-state index contributed by atoms with van der Waals surface area (Å²) in [5.41, 5.74) is 0.632. The fraction of sp³-hybridized carbons (Fsp3) is 0.231. The van der Waals surface area contributed by atoms with Crippen LogP contribution in [-0.4, -0.2) is 32.2 Å². The van der Waals surface area contributed by atoms with Crippen molar-refractivity contribution in [3.63, 3.8) is 0 Å². The Balaban J connectivity index is 2.09. The first-order valence-corrected chi connectivity index (χ1v) is 12.6. The number of sulfonamides is 1. The Hall–Kier alpha value is -3.36. The van der Waals surface area contributed by atoms with Crippen LogP contribution in [0.4, 0.5) is 5.69 Å². The zero-order valence-corrected chi connectivity index (χ0v) is 21.8. The molecule has 0 fully saturated rings. The number of nitrogens with zero attached hydrogens (tertiary/aromatic N) is 1. The van der Waals surface area contributed by atoms with E-state index >= 15 is 0 Å². The third kappa shape index (κ3) is 4.90. The van der Waals surface area contributed by atoms with Gasteiger partial charge in [0.25, 0.3) is 21.8 Å². The minimum absolute atomic E-state index is 0.0178. The van der Waals surface area contributed by atoms with Gasteiger partial charge in [-0.05, 0) is 54.3 Å². The van der Waals surface area contributed by atoms with E-state index in [4.69, 9.17) is 16.3 Å². The van der Waals surface area contributed by atoms with E-state index < -0.39 is 21.8 Å². The van der Waals surface area contributed by atoms with Crippen LogP contribution in [0.15, 0.2) is 77.6 Å². The summed E-state index contributed by atoms with van der Waals surface area (Å²) in [6, 6.07) is 9.21. The summed E-state index contributed by atoms with van der Waals surface area (Å²) in [6.07, 6.45) is 4.57. The molecule has 0 aromatic heterocycles. The number of allylic oxidation sites excluding steroid dienone is 3. The van der Waals surface area contributed by atoms with Crippen LogP contribution in [0.1, 0.15) is 54.0 Å². The second-order valence-corrected chi connectivity index (χ2v) is 10.9. The Morgan fingerprint density at radius 3 is 2.17 bits per heavy atom. The summed E-state index contributed by atoms with van der Waals surface area (Å²) < 4.78 is 34.0. The summed E-state index contributed by atoms with van der Waals surface area (Å²) >= 11 is 6.27. The number of fused-ring (bicyclic) bond motifs is 1. The van der Waals surface area contributed by atoms with Gasteiger partial charge in [-0.25, -0.2) is 13.3 Å². The van der Waals surface area contributed by atoms with Crippen LogP contribution >= 0.6 is 11.6 Å². The zero-order chi connectivity index (χ0) is 26.1. The molecule has 3 rings (SSSR count). The summed E-state index contributed by atoms with van der Waals surface area (Å²) in [7, 11) is -2.67. The molecule has 2 aromatic rings. The third-order valence-corrected chi connectivity index (χ3v) is 7.18. The molecule has 9 heteroatoms. The molecule has 2 amide bonds. The van der Waals surface area contributed by atoms with Crippen molar-refractivity contribution < 1.29 is 22.7 Å². The van der Waals surface area contributed by atoms with Crippen molar-refractivity contribution in [1.29, 1.82) is 0 Å². The Kier molecular flexibility index (Phi) is 7.29. The second-order valence-electron chi connectivity index (χ2n) is 8.83. The fourth-order valence-electron chi connectivity index (χ4n) is 3.68. The summed E-state index contributed by atoms with van der Waals surface area (Å²) in [5.74, 6) is -1.23. The highest BCUT2D eigenvalue weighted by Crippen LogP contribution is 2.38. The lowest BCUT2D eigenvalue weighted by atomic mass is 9.87. The number of rotatable bonds is 7. The molecule has 35 heavy (non-hydrogen) atoms. The van der Waals surface area contributed by atoms with Crippen molar-refractivity contribution in [1.82, 2.24) is 4.90 Å². The molecule has 7 nitrogen and oxygen atoms in total. The standard InChI is InChI=1S/C26H27ClN2O5S/c1-7-9-21(34-6)20(8-2)29-24(30)22-18(27)14-15-19(23(22)25(29)31)28-35(32,33)17-12-10-16(11-13-17)26(3,4)5/h7-15,28H,2H2,1,3-6H3/b9-7-,21-20-. The average molecular weight is 515 g/mol. The molecule has 1 N–H and O–H groups in total. The predicted molar refractivity (Wildman–Crippen MR) is 137 cm³/mol. The van der Waals surface area contributed by atoms with Gasteiger partial charge in [-0.1, -0.05) is 57.2 Å². The lowest BCUT2D eigenvalue weighted by Gasteiger charge is -2.19.